The van der Waals surface area contributed by atoms with Crippen molar-refractivity contribution in [3.05, 3.63) is 63.4 Å². The molecular formula is C20H15F3N2O4. The van der Waals surface area contributed by atoms with Crippen LogP contribution in [-0.2, 0) is 17.3 Å². The molecule has 4 rings (SSSR count). The molecule has 2 heterocycles. The topological polar surface area (TPSA) is 83.6 Å². The fraction of sp³-hybridized carbons (Fsp3) is 0.200. The van der Waals surface area contributed by atoms with E-state index in [1.54, 1.807) is 18.2 Å². The number of anilines is 1. The zero-order valence-electron chi connectivity index (χ0n) is 15.2. The van der Waals surface area contributed by atoms with Gasteiger partial charge in [-0.1, -0.05) is 12.1 Å². The Labute approximate surface area is 162 Å². The van der Waals surface area contributed by atoms with Gasteiger partial charge < -0.3 is 15.2 Å². The lowest BCUT2D eigenvalue weighted by Gasteiger charge is -2.17. The van der Waals surface area contributed by atoms with Crippen molar-refractivity contribution in [2.75, 3.05) is 19.5 Å². The van der Waals surface area contributed by atoms with Crippen LogP contribution in [0.3, 0.4) is 0 Å². The average molecular weight is 404 g/mol. The number of methoxy groups -OCH3 is 1. The number of hydrogen-bond acceptors (Lipinski definition) is 5. The molecule has 6 nitrogen and oxygen atoms in total. The molecule has 0 unspecified atom stereocenters. The third-order valence-electron chi connectivity index (χ3n) is 4.87. The minimum atomic E-state index is -4.62. The Balaban J connectivity index is 2.12. The first kappa shape index (κ1) is 18.9. The van der Waals surface area contributed by atoms with Gasteiger partial charge in [-0.2, -0.15) is 13.2 Å². The van der Waals surface area contributed by atoms with Crippen LogP contribution in [0.15, 0.2) is 41.2 Å². The summed E-state index contributed by atoms with van der Waals surface area (Å²) in [6.07, 6.45) is -3.93. The van der Waals surface area contributed by atoms with E-state index < -0.39 is 28.8 Å². The Morgan fingerprint density at radius 3 is 2.66 bits per heavy atom. The van der Waals surface area contributed by atoms with Crippen LogP contribution in [0.1, 0.15) is 21.5 Å². The number of nitrogens with two attached hydrogens (primary N) is 1. The van der Waals surface area contributed by atoms with E-state index in [9.17, 15) is 22.8 Å². The Kier molecular flexibility index (Phi) is 4.25. The third-order valence-corrected chi connectivity index (χ3v) is 4.87. The van der Waals surface area contributed by atoms with Crippen LogP contribution in [0.5, 0.6) is 5.75 Å². The molecule has 0 atom stereocenters. The highest BCUT2D eigenvalue weighted by Gasteiger charge is 2.32. The van der Waals surface area contributed by atoms with Gasteiger partial charge in [-0.05, 0) is 23.8 Å². The molecule has 1 aromatic heterocycles. The van der Waals surface area contributed by atoms with Crippen molar-refractivity contribution in [3.8, 4) is 11.4 Å². The molecule has 1 aliphatic rings. The molecule has 0 bridgehead atoms. The molecule has 0 aliphatic carbocycles. The summed E-state index contributed by atoms with van der Waals surface area (Å²) in [6, 6.07) is 7.70. The van der Waals surface area contributed by atoms with Crippen molar-refractivity contribution < 1.29 is 27.4 Å². The molecule has 3 aromatic rings. The second kappa shape index (κ2) is 6.54. The molecule has 1 aliphatic heterocycles. The first-order valence-electron chi connectivity index (χ1n) is 8.62. The van der Waals surface area contributed by atoms with Crippen LogP contribution in [0, 0.1) is 0 Å². The Morgan fingerprint density at radius 2 is 1.97 bits per heavy atom. The van der Waals surface area contributed by atoms with Crippen LogP contribution >= 0.6 is 0 Å². The molecule has 0 spiro atoms. The molecule has 2 N–H and O–H groups in total. The first-order chi connectivity index (χ1) is 13.7. The summed E-state index contributed by atoms with van der Waals surface area (Å²) in [4.78, 5) is 25.3. The van der Waals surface area contributed by atoms with Gasteiger partial charge in [0.05, 0.1) is 36.2 Å². The van der Waals surface area contributed by atoms with Crippen LogP contribution in [0.25, 0.3) is 16.6 Å². The van der Waals surface area contributed by atoms with Gasteiger partial charge in [0.2, 0.25) is 0 Å². The lowest BCUT2D eigenvalue weighted by atomic mass is 10.0. The van der Waals surface area contributed by atoms with Gasteiger partial charge in [0.25, 0.3) is 5.56 Å². The van der Waals surface area contributed by atoms with Crippen molar-refractivity contribution in [1.82, 2.24) is 4.57 Å². The molecule has 2 aromatic carbocycles. The highest BCUT2D eigenvalue weighted by atomic mass is 19.4. The Bertz CT molecular complexity index is 1220. The number of alkyl halides is 3. The second-order valence-electron chi connectivity index (χ2n) is 6.54. The van der Waals surface area contributed by atoms with Gasteiger partial charge in [-0.15, -0.1) is 0 Å². The number of carbonyl (C=O) groups is 1. The number of nitrogens with zero attached hydrogens (tertiary/aromatic N) is 1. The zero-order chi connectivity index (χ0) is 20.9. The summed E-state index contributed by atoms with van der Waals surface area (Å²) in [6.45, 7) is 0.474. The molecule has 0 fully saturated rings. The third kappa shape index (κ3) is 2.98. The predicted octanol–water partition coefficient (Wildman–Crippen LogP) is 3.31. The van der Waals surface area contributed by atoms with Crippen molar-refractivity contribution in [2.24, 2.45) is 0 Å². The van der Waals surface area contributed by atoms with Gasteiger partial charge in [-0.3, -0.25) is 9.36 Å². The summed E-state index contributed by atoms with van der Waals surface area (Å²) < 4.78 is 51.0. The number of esters is 1. The number of fused-ring (bicyclic) bond motifs is 2. The maximum atomic E-state index is 13.3. The molecule has 0 radical (unpaired) electrons. The molecule has 0 saturated carbocycles. The van der Waals surface area contributed by atoms with Crippen molar-refractivity contribution in [3.63, 3.8) is 0 Å². The molecule has 0 amide bonds. The Hall–Kier alpha value is -3.49. The van der Waals surface area contributed by atoms with E-state index >= 15 is 0 Å². The largest absolute Gasteiger partial charge is 0.493 e. The van der Waals surface area contributed by atoms with E-state index in [4.69, 9.17) is 10.5 Å². The molecule has 0 saturated heterocycles. The number of benzene rings is 2. The van der Waals surface area contributed by atoms with E-state index in [2.05, 4.69) is 4.74 Å². The summed E-state index contributed by atoms with van der Waals surface area (Å²) in [5, 5.41) is 0.124. The van der Waals surface area contributed by atoms with Crippen LogP contribution in [-0.4, -0.2) is 24.3 Å². The van der Waals surface area contributed by atoms with Gasteiger partial charge in [-0.25, -0.2) is 4.79 Å². The second-order valence-corrected chi connectivity index (χ2v) is 6.54. The SMILES string of the molecule is COC(=O)c1c(N)c2ccc(C(F)(F)F)cc2n(-c2ccc3c(c2)OCC3)c1=O. The summed E-state index contributed by atoms with van der Waals surface area (Å²) in [5.41, 5.74) is 4.57. The van der Waals surface area contributed by atoms with E-state index in [1.165, 1.54) is 0 Å². The number of rotatable bonds is 2. The highest BCUT2D eigenvalue weighted by Crippen LogP contribution is 2.35. The predicted molar refractivity (Wildman–Crippen MR) is 99.5 cm³/mol. The summed E-state index contributed by atoms with van der Waals surface area (Å²) in [5.74, 6) is -0.438. The van der Waals surface area contributed by atoms with Crippen molar-refractivity contribution in [1.29, 1.82) is 0 Å². The number of halogens is 3. The van der Waals surface area contributed by atoms with Crippen LogP contribution in [0.4, 0.5) is 18.9 Å². The number of aromatic nitrogens is 1. The average Bonchev–Trinajstić information content (AvgIpc) is 3.14. The van der Waals surface area contributed by atoms with E-state index in [0.29, 0.717) is 18.8 Å². The normalized spacial score (nSPS) is 13.2. The fourth-order valence-electron chi connectivity index (χ4n) is 3.44. The number of pyridine rings is 1. The van der Waals surface area contributed by atoms with Gasteiger partial charge in [0.15, 0.2) is 0 Å². The number of carbonyl (C=O) groups excluding carboxylic acids is 1. The minimum absolute atomic E-state index is 0.0760. The maximum Gasteiger partial charge on any atom is 0.416 e. The van der Waals surface area contributed by atoms with Gasteiger partial charge in [0, 0.05) is 17.9 Å². The monoisotopic (exact) mass is 404 g/mol. The lowest BCUT2D eigenvalue weighted by Crippen LogP contribution is -2.28. The van der Waals surface area contributed by atoms with Crippen LogP contribution < -0.4 is 16.0 Å². The smallest absolute Gasteiger partial charge is 0.416 e. The van der Waals surface area contributed by atoms with E-state index in [0.717, 1.165) is 35.4 Å². The molecule has 9 heteroatoms. The fourth-order valence-corrected chi connectivity index (χ4v) is 3.44. The molecule has 150 valence electrons. The van der Waals surface area contributed by atoms with Crippen molar-refractivity contribution in [2.45, 2.75) is 12.6 Å². The first-order valence-corrected chi connectivity index (χ1v) is 8.62. The van der Waals surface area contributed by atoms with Crippen molar-refractivity contribution >= 4 is 22.6 Å². The quantitative estimate of drug-likeness (QED) is 0.663. The highest BCUT2D eigenvalue weighted by molar-refractivity contribution is 6.04. The van der Waals surface area contributed by atoms with Gasteiger partial charge >= 0.3 is 12.1 Å². The molecule has 29 heavy (non-hydrogen) atoms. The number of hydrogen-bond donors (Lipinski definition) is 1. The van der Waals surface area contributed by atoms with Crippen LogP contribution in [0.2, 0.25) is 0 Å². The summed E-state index contributed by atoms with van der Waals surface area (Å²) in [7, 11) is 1.09. The van der Waals surface area contributed by atoms with E-state index in [1.807, 2.05) is 0 Å². The lowest BCUT2D eigenvalue weighted by molar-refractivity contribution is -0.137. The zero-order valence-corrected chi connectivity index (χ0v) is 15.2. The Morgan fingerprint density at radius 1 is 1.21 bits per heavy atom. The standard InChI is InChI=1S/C20H15F3N2O4/c1-28-19(27)16-17(24)13-5-3-11(20(21,22)23)8-14(13)25(18(16)26)12-4-2-10-6-7-29-15(10)9-12/h2-5,8-9H,6-7,24H2,1H3. The van der Waals surface area contributed by atoms with E-state index in [-0.39, 0.29) is 22.3 Å². The van der Waals surface area contributed by atoms with Gasteiger partial charge in [0.1, 0.15) is 11.3 Å². The number of ether oxygens (including phenoxy) is 2. The maximum absolute atomic E-state index is 13.3. The number of nitrogen functional groups attached to an aromatic ring is 1. The summed E-state index contributed by atoms with van der Waals surface area (Å²) >= 11 is 0. The molecular weight excluding hydrogens is 389 g/mol. The minimum Gasteiger partial charge on any atom is -0.493 e.